The van der Waals surface area contributed by atoms with E-state index in [4.69, 9.17) is 4.74 Å². The molecule has 0 spiro atoms. The summed E-state index contributed by atoms with van der Waals surface area (Å²) < 4.78 is 4.93. The van der Waals surface area contributed by atoms with Crippen molar-refractivity contribution in [1.29, 1.82) is 0 Å². The van der Waals surface area contributed by atoms with Gasteiger partial charge in [0.2, 0.25) is 0 Å². The van der Waals surface area contributed by atoms with Crippen LogP contribution in [0.3, 0.4) is 0 Å². The molecule has 1 aromatic carbocycles. The molecule has 18 heavy (non-hydrogen) atoms. The van der Waals surface area contributed by atoms with Crippen LogP contribution in [0.2, 0.25) is 0 Å². The lowest BCUT2D eigenvalue weighted by Gasteiger charge is -2.39. The maximum absolute atomic E-state index is 11.8. The smallest absolute Gasteiger partial charge is 0.410 e. The van der Waals surface area contributed by atoms with Crippen molar-refractivity contribution in [2.24, 2.45) is 0 Å². The fraction of sp³-hybridized carbons (Fsp3) is 0.385. The minimum Gasteiger partial charge on any atom is -0.479 e. The average Bonchev–Trinajstić information content (AvgIpc) is 2.39. The molecule has 0 aromatic heterocycles. The summed E-state index contributed by atoms with van der Waals surface area (Å²) in [4.78, 5) is 24.6. The van der Waals surface area contributed by atoms with Crippen LogP contribution in [0.25, 0.3) is 0 Å². The molecule has 0 radical (unpaired) electrons. The number of aliphatic carboxylic acids is 1. The number of rotatable bonds is 3. The molecule has 1 N–H and O–H groups in total. The molecule has 1 amide bonds. The standard InChI is InChI=1S/C13H15NO4/c1-13(11(15)16,10-6-3-2-4-7-10)14-8-5-9-18-12(14)17/h2-4,6-7H,5,8-9H2,1H3,(H,15,16). The maximum atomic E-state index is 11.8. The fourth-order valence-corrected chi connectivity index (χ4v) is 2.11. The van der Waals surface area contributed by atoms with Gasteiger partial charge in [0.05, 0.1) is 6.61 Å². The highest BCUT2D eigenvalue weighted by Crippen LogP contribution is 2.30. The van der Waals surface area contributed by atoms with Crippen LogP contribution in [0.15, 0.2) is 30.3 Å². The van der Waals surface area contributed by atoms with E-state index in [2.05, 4.69) is 0 Å². The topological polar surface area (TPSA) is 66.8 Å². The van der Waals surface area contributed by atoms with Crippen molar-refractivity contribution >= 4 is 12.1 Å². The van der Waals surface area contributed by atoms with Crippen molar-refractivity contribution in [3.63, 3.8) is 0 Å². The summed E-state index contributed by atoms with van der Waals surface area (Å²) in [5, 5.41) is 9.51. The molecule has 1 saturated heterocycles. The highest BCUT2D eigenvalue weighted by molar-refractivity contribution is 5.85. The number of hydrogen-bond acceptors (Lipinski definition) is 3. The minimum absolute atomic E-state index is 0.347. The Kier molecular flexibility index (Phi) is 3.23. The number of benzene rings is 1. The van der Waals surface area contributed by atoms with Crippen molar-refractivity contribution in [3.8, 4) is 0 Å². The second-order valence-electron chi connectivity index (χ2n) is 4.36. The van der Waals surface area contributed by atoms with Gasteiger partial charge in [-0.1, -0.05) is 30.3 Å². The highest BCUT2D eigenvalue weighted by atomic mass is 16.6. The highest BCUT2D eigenvalue weighted by Gasteiger charge is 2.45. The van der Waals surface area contributed by atoms with E-state index >= 15 is 0 Å². The third kappa shape index (κ3) is 1.92. The molecule has 2 rings (SSSR count). The molecule has 1 heterocycles. The molecule has 1 fully saturated rings. The summed E-state index contributed by atoms with van der Waals surface area (Å²) in [5.74, 6) is -1.06. The van der Waals surface area contributed by atoms with Gasteiger partial charge in [0, 0.05) is 6.54 Å². The second kappa shape index (κ2) is 4.68. The summed E-state index contributed by atoms with van der Waals surface area (Å²) in [5.41, 5.74) is -0.824. The zero-order chi connectivity index (χ0) is 13.2. The molecule has 1 atom stereocenters. The Balaban J connectivity index is 2.44. The van der Waals surface area contributed by atoms with Crippen LogP contribution in [0.5, 0.6) is 0 Å². The van der Waals surface area contributed by atoms with E-state index in [1.54, 1.807) is 30.3 Å². The van der Waals surface area contributed by atoms with Crippen LogP contribution in [0.1, 0.15) is 18.9 Å². The van der Waals surface area contributed by atoms with E-state index in [9.17, 15) is 14.7 Å². The lowest BCUT2D eigenvalue weighted by Crippen LogP contribution is -2.55. The summed E-state index contributed by atoms with van der Waals surface area (Å²) in [6, 6.07) is 8.73. The molecule has 5 heteroatoms. The molecule has 1 aliphatic heterocycles. The van der Waals surface area contributed by atoms with E-state index in [0.29, 0.717) is 25.1 Å². The van der Waals surface area contributed by atoms with Gasteiger partial charge in [-0.3, -0.25) is 4.90 Å². The van der Waals surface area contributed by atoms with Crippen LogP contribution < -0.4 is 0 Å². The van der Waals surface area contributed by atoms with Gasteiger partial charge < -0.3 is 9.84 Å². The first-order valence-electron chi connectivity index (χ1n) is 5.80. The Bertz CT molecular complexity index is 459. The van der Waals surface area contributed by atoms with Crippen LogP contribution in [-0.2, 0) is 15.1 Å². The zero-order valence-electron chi connectivity index (χ0n) is 10.1. The molecule has 0 saturated carbocycles. The predicted octanol–water partition coefficient (Wildman–Crippen LogP) is 1.83. The van der Waals surface area contributed by atoms with Crippen molar-refractivity contribution in [2.45, 2.75) is 18.9 Å². The van der Waals surface area contributed by atoms with Gasteiger partial charge in [0.25, 0.3) is 0 Å². The van der Waals surface area contributed by atoms with Gasteiger partial charge in [-0.15, -0.1) is 0 Å². The number of ether oxygens (including phenoxy) is 1. The van der Waals surface area contributed by atoms with Crippen molar-refractivity contribution in [3.05, 3.63) is 35.9 Å². The Morgan fingerprint density at radius 3 is 2.61 bits per heavy atom. The molecular weight excluding hydrogens is 234 g/mol. The molecule has 1 unspecified atom stereocenters. The minimum atomic E-state index is -1.39. The number of carbonyl (C=O) groups is 2. The lowest BCUT2D eigenvalue weighted by atomic mass is 9.90. The number of carboxylic acids is 1. The fourth-order valence-electron chi connectivity index (χ4n) is 2.11. The first-order chi connectivity index (χ1) is 8.56. The Hall–Kier alpha value is -2.04. The van der Waals surface area contributed by atoms with Gasteiger partial charge in [0.1, 0.15) is 0 Å². The summed E-state index contributed by atoms with van der Waals surface area (Å²) in [7, 11) is 0. The van der Waals surface area contributed by atoms with Crippen LogP contribution in [0, 0.1) is 0 Å². The SMILES string of the molecule is CC(C(=O)O)(c1ccccc1)N1CCCOC1=O. The monoisotopic (exact) mass is 249 g/mol. The van der Waals surface area contributed by atoms with Gasteiger partial charge in [-0.05, 0) is 18.9 Å². The Morgan fingerprint density at radius 1 is 1.39 bits per heavy atom. The van der Waals surface area contributed by atoms with E-state index in [0.717, 1.165) is 0 Å². The van der Waals surface area contributed by atoms with E-state index in [-0.39, 0.29) is 0 Å². The van der Waals surface area contributed by atoms with Crippen LogP contribution in [-0.4, -0.2) is 35.2 Å². The number of nitrogens with zero attached hydrogens (tertiary/aromatic N) is 1. The van der Waals surface area contributed by atoms with Gasteiger partial charge >= 0.3 is 12.1 Å². The number of amides is 1. The van der Waals surface area contributed by atoms with Crippen molar-refractivity contribution in [2.75, 3.05) is 13.2 Å². The first kappa shape index (κ1) is 12.4. The lowest BCUT2D eigenvalue weighted by molar-refractivity contribution is -0.151. The number of hydrogen-bond donors (Lipinski definition) is 1. The summed E-state index contributed by atoms with van der Waals surface area (Å²) >= 11 is 0. The van der Waals surface area contributed by atoms with Crippen LogP contribution >= 0.6 is 0 Å². The maximum Gasteiger partial charge on any atom is 0.410 e. The van der Waals surface area contributed by atoms with Crippen molar-refractivity contribution in [1.82, 2.24) is 4.90 Å². The molecular formula is C13H15NO4. The van der Waals surface area contributed by atoms with E-state index in [1.165, 1.54) is 11.8 Å². The molecule has 5 nitrogen and oxygen atoms in total. The number of carboxylic acid groups (broad SMARTS) is 1. The molecule has 1 aromatic rings. The molecule has 0 bridgehead atoms. The second-order valence-corrected chi connectivity index (χ2v) is 4.36. The average molecular weight is 249 g/mol. The predicted molar refractivity (Wildman–Crippen MR) is 64.1 cm³/mol. The normalized spacial score (nSPS) is 18.9. The van der Waals surface area contributed by atoms with Gasteiger partial charge in [-0.25, -0.2) is 9.59 Å². The molecule has 0 aliphatic carbocycles. The Morgan fingerprint density at radius 2 is 2.06 bits per heavy atom. The first-order valence-corrected chi connectivity index (χ1v) is 5.80. The third-order valence-corrected chi connectivity index (χ3v) is 3.26. The largest absolute Gasteiger partial charge is 0.479 e. The van der Waals surface area contributed by atoms with Crippen LogP contribution in [0.4, 0.5) is 4.79 Å². The van der Waals surface area contributed by atoms with E-state index in [1.807, 2.05) is 0 Å². The summed E-state index contributed by atoms with van der Waals surface area (Å²) in [6.07, 6.45) is 0.0662. The zero-order valence-corrected chi connectivity index (χ0v) is 10.1. The number of cyclic esters (lactones) is 1. The van der Waals surface area contributed by atoms with Gasteiger partial charge in [0.15, 0.2) is 5.54 Å². The van der Waals surface area contributed by atoms with Gasteiger partial charge in [-0.2, -0.15) is 0 Å². The summed E-state index contributed by atoms with van der Waals surface area (Å²) in [6.45, 7) is 2.26. The Labute approximate surface area is 105 Å². The van der Waals surface area contributed by atoms with E-state index < -0.39 is 17.6 Å². The molecule has 96 valence electrons. The third-order valence-electron chi connectivity index (χ3n) is 3.26. The number of carbonyl (C=O) groups excluding carboxylic acids is 1. The quantitative estimate of drug-likeness (QED) is 0.887. The van der Waals surface area contributed by atoms with Crippen molar-refractivity contribution < 1.29 is 19.4 Å². The molecule has 1 aliphatic rings.